The molecule has 2 nitrogen and oxygen atoms in total. The Balaban J connectivity index is 1.79. The highest BCUT2D eigenvalue weighted by molar-refractivity contribution is 5.16. The minimum Gasteiger partial charge on any atom is -0.321 e. The van der Waals surface area contributed by atoms with Gasteiger partial charge in [0.1, 0.15) is 0 Å². The summed E-state index contributed by atoms with van der Waals surface area (Å²) in [4.78, 5) is 3.98. The first-order valence-electron chi connectivity index (χ1n) is 4.75. The van der Waals surface area contributed by atoms with E-state index in [2.05, 4.69) is 34.6 Å². The molecule has 2 rings (SSSR count). The first kappa shape index (κ1) is 9.03. The van der Waals surface area contributed by atoms with Crippen molar-refractivity contribution in [2.45, 2.75) is 13.1 Å². The van der Waals surface area contributed by atoms with Crippen molar-refractivity contribution in [1.29, 1.82) is 0 Å². The molecule has 0 aliphatic heterocycles. The monoisotopic (exact) mass is 185 g/mol. The minimum atomic E-state index is 0.897. The molecule has 0 fully saturated rings. The lowest BCUT2D eigenvalue weighted by Crippen LogP contribution is -2.11. The van der Waals surface area contributed by atoms with Gasteiger partial charge >= 0.3 is 0 Å². The zero-order chi connectivity index (χ0) is 9.64. The average Bonchev–Trinajstić information content (AvgIpc) is 2.72. The van der Waals surface area contributed by atoms with Gasteiger partial charge in [-0.1, -0.05) is 0 Å². The molecule has 2 aromatic rings. The molecule has 14 heavy (non-hydrogen) atoms. The maximum Gasteiger partial charge on any atom is 0.0271 e. The van der Waals surface area contributed by atoms with E-state index < -0.39 is 0 Å². The van der Waals surface area contributed by atoms with E-state index in [0.717, 1.165) is 13.1 Å². The molecule has 0 amide bonds. The van der Waals surface area contributed by atoms with E-state index >= 15 is 0 Å². The Morgan fingerprint density at radius 2 is 1.86 bits per heavy atom. The second-order valence-corrected chi connectivity index (χ2v) is 3.25. The summed E-state index contributed by atoms with van der Waals surface area (Å²) in [5, 5.41) is 3.38. The maximum absolute atomic E-state index is 3.98. The van der Waals surface area contributed by atoms with Crippen molar-refractivity contribution in [3.63, 3.8) is 0 Å². The van der Waals surface area contributed by atoms with Crippen molar-refractivity contribution in [3.8, 4) is 0 Å². The van der Waals surface area contributed by atoms with E-state index in [1.807, 2.05) is 24.5 Å². The largest absolute Gasteiger partial charge is 0.321 e. The first-order chi connectivity index (χ1) is 6.95. The van der Waals surface area contributed by atoms with E-state index in [-0.39, 0.29) is 0 Å². The maximum atomic E-state index is 3.98. The van der Waals surface area contributed by atoms with E-state index in [0.29, 0.717) is 0 Å². The Labute approximate surface area is 84.0 Å². The van der Waals surface area contributed by atoms with Crippen LogP contribution < -0.4 is 5.32 Å². The lowest BCUT2D eigenvalue weighted by Gasteiger charge is -2.06. The smallest absolute Gasteiger partial charge is 0.0271 e. The van der Waals surface area contributed by atoms with Gasteiger partial charge in [-0.25, -0.2) is 6.07 Å². The normalized spacial score (nSPS) is 10.3. The SMILES string of the molecule is c1cc(CNCc2ccncc2)c[cH-]1. The molecule has 1 aromatic heterocycles. The molecule has 0 saturated carbocycles. The molecule has 1 aromatic carbocycles. The van der Waals surface area contributed by atoms with E-state index in [1.165, 1.54) is 11.1 Å². The fourth-order valence-electron chi connectivity index (χ4n) is 1.38. The molecule has 2 heteroatoms. The molecule has 1 N–H and O–H groups in total. The van der Waals surface area contributed by atoms with Crippen molar-refractivity contribution in [1.82, 2.24) is 10.3 Å². The zero-order valence-electron chi connectivity index (χ0n) is 7.98. The van der Waals surface area contributed by atoms with Gasteiger partial charge in [-0.3, -0.25) is 4.98 Å². The third-order valence-electron chi connectivity index (χ3n) is 2.14. The lowest BCUT2D eigenvalue weighted by molar-refractivity contribution is 0.694. The van der Waals surface area contributed by atoms with Crippen molar-refractivity contribution < 1.29 is 0 Å². The topological polar surface area (TPSA) is 24.9 Å². The van der Waals surface area contributed by atoms with Gasteiger partial charge in [-0.05, 0) is 24.2 Å². The number of nitrogens with one attached hydrogen (secondary N) is 1. The van der Waals surface area contributed by atoms with Crippen LogP contribution in [0.5, 0.6) is 0 Å². The number of hydrogen-bond acceptors (Lipinski definition) is 2. The Morgan fingerprint density at radius 3 is 2.57 bits per heavy atom. The molecular formula is C12H13N2-. The van der Waals surface area contributed by atoms with Crippen LogP contribution in [-0.2, 0) is 13.1 Å². The summed E-state index contributed by atoms with van der Waals surface area (Å²) < 4.78 is 0. The summed E-state index contributed by atoms with van der Waals surface area (Å²) in [5.41, 5.74) is 2.60. The fraction of sp³-hybridized carbons (Fsp3) is 0.167. The molecule has 0 bridgehead atoms. The van der Waals surface area contributed by atoms with Crippen molar-refractivity contribution >= 4 is 0 Å². The van der Waals surface area contributed by atoms with Gasteiger partial charge in [0.25, 0.3) is 0 Å². The Hall–Kier alpha value is -1.54. The van der Waals surface area contributed by atoms with Crippen molar-refractivity contribution in [3.05, 3.63) is 59.9 Å². The quantitative estimate of drug-likeness (QED) is 0.738. The molecule has 0 radical (unpaired) electrons. The highest BCUT2D eigenvalue weighted by Gasteiger charge is 1.89. The molecule has 1 heterocycles. The van der Waals surface area contributed by atoms with Crippen LogP contribution in [0.25, 0.3) is 0 Å². The van der Waals surface area contributed by atoms with Crippen LogP contribution in [0.1, 0.15) is 11.1 Å². The predicted octanol–water partition coefficient (Wildman–Crippen LogP) is 2.09. The van der Waals surface area contributed by atoms with Gasteiger partial charge in [0.05, 0.1) is 0 Å². The number of aromatic nitrogens is 1. The number of pyridine rings is 1. The fourth-order valence-corrected chi connectivity index (χ4v) is 1.38. The summed E-state index contributed by atoms with van der Waals surface area (Å²) >= 11 is 0. The van der Waals surface area contributed by atoms with Gasteiger partial charge in [0, 0.05) is 18.9 Å². The molecule has 0 aliphatic rings. The number of nitrogens with zero attached hydrogens (tertiary/aromatic N) is 1. The van der Waals surface area contributed by atoms with Crippen LogP contribution in [0.2, 0.25) is 0 Å². The highest BCUT2D eigenvalue weighted by atomic mass is 14.8. The summed E-state index contributed by atoms with van der Waals surface area (Å²) in [6, 6.07) is 12.4. The highest BCUT2D eigenvalue weighted by Crippen LogP contribution is 2.00. The Bertz CT molecular complexity index is 351. The predicted molar refractivity (Wildman–Crippen MR) is 56.8 cm³/mol. The lowest BCUT2D eigenvalue weighted by atomic mass is 10.2. The second-order valence-electron chi connectivity index (χ2n) is 3.25. The van der Waals surface area contributed by atoms with Crippen molar-refractivity contribution in [2.24, 2.45) is 0 Å². The van der Waals surface area contributed by atoms with Gasteiger partial charge < -0.3 is 5.32 Å². The standard InChI is InChI=1S/C12H13N2/c1-2-4-11(3-1)9-14-10-12-5-7-13-8-6-12/h1-8,14H,9-10H2/q-1. The van der Waals surface area contributed by atoms with E-state index in [4.69, 9.17) is 0 Å². The second kappa shape index (κ2) is 4.63. The zero-order valence-corrected chi connectivity index (χ0v) is 7.98. The van der Waals surface area contributed by atoms with E-state index in [1.54, 1.807) is 0 Å². The third kappa shape index (κ3) is 2.47. The third-order valence-corrected chi connectivity index (χ3v) is 2.14. The van der Waals surface area contributed by atoms with Gasteiger partial charge in [-0.2, -0.15) is 23.8 Å². The molecule has 0 atom stereocenters. The van der Waals surface area contributed by atoms with Crippen LogP contribution >= 0.6 is 0 Å². The van der Waals surface area contributed by atoms with Gasteiger partial charge in [0.2, 0.25) is 0 Å². The number of hydrogen-bond donors (Lipinski definition) is 1. The molecule has 0 aliphatic carbocycles. The summed E-state index contributed by atoms with van der Waals surface area (Å²) in [5.74, 6) is 0. The summed E-state index contributed by atoms with van der Waals surface area (Å²) in [6.45, 7) is 1.82. The molecule has 72 valence electrons. The van der Waals surface area contributed by atoms with Crippen LogP contribution in [-0.4, -0.2) is 4.98 Å². The first-order valence-corrected chi connectivity index (χ1v) is 4.75. The molecule has 0 unspecified atom stereocenters. The van der Waals surface area contributed by atoms with Gasteiger partial charge in [0.15, 0.2) is 0 Å². The minimum absolute atomic E-state index is 0.897. The van der Waals surface area contributed by atoms with Crippen LogP contribution in [0.15, 0.2) is 48.8 Å². The van der Waals surface area contributed by atoms with Crippen LogP contribution in [0, 0.1) is 0 Å². The summed E-state index contributed by atoms with van der Waals surface area (Å²) in [7, 11) is 0. The average molecular weight is 185 g/mol. The molecule has 0 spiro atoms. The molecule has 0 saturated heterocycles. The van der Waals surface area contributed by atoms with Crippen LogP contribution in [0.4, 0.5) is 0 Å². The van der Waals surface area contributed by atoms with E-state index in [9.17, 15) is 0 Å². The molecular weight excluding hydrogens is 172 g/mol. The van der Waals surface area contributed by atoms with Crippen molar-refractivity contribution in [2.75, 3.05) is 0 Å². The number of rotatable bonds is 4. The van der Waals surface area contributed by atoms with Gasteiger partial charge in [-0.15, -0.1) is 0 Å². The Kier molecular flexibility index (Phi) is 2.99. The van der Waals surface area contributed by atoms with Crippen LogP contribution in [0.3, 0.4) is 0 Å². The Morgan fingerprint density at radius 1 is 1.07 bits per heavy atom. The summed E-state index contributed by atoms with van der Waals surface area (Å²) in [6.07, 6.45) is 3.64.